The Hall–Kier alpha value is -3.91. The van der Waals surface area contributed by atoms with E-state index >= 15 is 0 Å². The molecule has 1 aliphatic rings. The van der Waals surface area contributed by atoms with Crippen molar-refractivity contribution in [2.24, 2.45) is 0 Å². The summed E-state index contributed by atoms with van der Waals surface area (Å²) in [6.07, 6.45) is 4.94. The Morgan fingerprint density at radius 3 is 2.62 bits per heavy atom. The van der Waals surface area contributed by atoms with Crippen molar-refractivity contribution in [1.82, 2.24) is 29.8 Å². The van der Waals surface area contributed by atoms with Gasteiger partial charge in [-0.3, -0.25) is 24.3 Å². The summed E-state index contributed by atoms with van der Waals surface area (Å²) in [6.45, 7) is 1.64. The normalized spacial score (nSPS) is 15.0. The number of hydrogen-bond acceptors (Lipinski definition) is 6. The summed E-state index contributed by atoms with van der Waals surface area (Å²) >= 11 is 0. The van der Waals surface area contributed by atoms with Gasteiger partial charge in [0.25, 0.3) is 5.56 Å². The average molecular weight is 424 g/mol. The van der Waals surface area contributed by atoms with Crippen LogP contribution in [0.2, 0.25) is 0 Å². The van der Waals surface area contributed by atoms with E-state index in [2.05, 4.69) is 20.3 Å². The van der Waals surface area contributed by atoms with E-state index in [0.29, 0.717) is 21.9 Å². The fourth-order valence-electron chi connectivity index (χ4n) is 4.57. The fraction of sp³-hybridized carbons (Fsp3) is 0.208. The number of aromatic nitrogens is 5. The molecule has 1 saturated heterocycles. The lowest BCUT2D eigenvalue weighted by Crippen LogP contribution is -2.38. The first-order valence-electron chi connectivity index (χ1n) is 10.7. The van der Waals surface area contributed by atoms with Crippen LogP contribution < -0.4 is 16.6 Å². The summed E-state index contributed by atoms with van der Waals surface area (Å²) in [4.78, 5) is 41.9. The minimum absolute atomic E-state index is 0.0125. The summed E-state index contributed by atoms with van der Waals surface area (Å²) < 4.78 is 1.71. The number of para-hydroxylation sites is 1. The SMILES string of the molecule is O=c1[nH]c(=O)n(C2CCNCC2)c2c1cnc1ccc(-c3cnc4ccccc4c3)nc12. The Morgan fingerprint density at radius 1 is 0.938 bits per heavy atom. The van der Waals surface area contributed by atoms with Crippen molar-refractivity contribution in [2.75, 3.05) is 13.1 Å². The van der Waals surface area contributed by atoms with Crippen molar-refractivity contribution < 1.29 is 0 Å². The van der Waals surface area contributed by atoms with Gasteiger partial charge in [0.1, 0.15) is 5.52 Å². The molecule has 6 rings (SSSR count). The third kappa shape index (κ3) is 2.99. The maximum Gasteiger partial charge on any atom is 0.329 e. The third-order valence-electron chi connectivity index (χ3n) is 6.17. The van der Waals surface area contributed by atoms with Crippen LogP contribution >= 0.6 is 0 Å². The van der Waals surface area contributed by atoms with Crippen molar-refractivity contribution in [1.29, 1.82) is 0 Å². The Bertz CT molecular complexity index is 1610. The van der Waals surface area contributed by atoms with Gasteiger partial charge in [-0.05, 0) is 50.2 Å². The second kappa shape index (κ2) is 7.35. The standard InChI is InChI=1S/C24H20N6O2/c31-23-17-13-27-20-6-5-19(15-11-14-3-1-2-4-18(14)26-12-15)28-21(20)22(17)30(24(32)29-23)16-7-9-25-10-8-16/h1-6,11-13,16,25H,7-10H2,(H,29,31,32). The molecule has 8 heteroatoms. The number of nitrogens with one attached hydrogen (secondary N) is 2. The van der Waals surface area contributed by atoms with Gasteiger partial charge in [-0.25, -0.2) is 9.78 Å². The zero-order valence-electron chi connectivity index (χ0n) is 17.2. The van der Waals surface area contributed by atoms with Crippen LogP contribution in [0.1, 0.15) is 18.9 Å². The van der Waals surface area contributed by atoms with Gasteiger partial charge in [0.05, 0.1) is 27.6 Å². The highest BCUT2D eigenvalue weighted by atomic mass is 16.2. The molecular weight excluding hydrogens is 404 g/mol. The number of piperidine rings is 1. The van der Waals surface area contributed by atoms with E-state index < -0.39 is 11.2 Å². The maximum absolute atomic E-state index is 12.9. The number of aromatic amines is 1. The molecule has 0 spiro atoms. The van der Waals surface area contributed by atoms with Crippen LogP contribution in [-0.2, 0) is 0 Å². The molecule has 8 nitrogen and oxygen atoms in total. The molecule has 0 unspecified atom stereocenters. The number of hydrogen-bond donors (Lipinski definition) is 2. The molecule has 158 valence electrons. The van der Waals surface area contributed by atoms with E-state index in [1.807, 2.05) is 42.5 Å². The molecule has 0 bridgehead atoms. The Morgan fingerprint density at radius 2 is 1.75 bits per heavy atom. The van der Waals surface area contributed by atoms with Gasteiger partial charge < -0.3 is 5.32 Å². The van der Waals surface area contributed by atoms with E-state index in [0.717, 1.165) is 48.1 Å². The molecular formula is C24H20N6O2. The van der Waals surface area contributed by atoms with E-state index in [9.17, 15) is 9.59 Å². The van der Waals surface area contributed by atoms with Crippen molar-refractivity contribution in [2.45, 2.75) is 18.9 Å². The first-order valence-corrected chi connectivity index (χ1v) is 10.7. The molecule has 0 amide bonds. The van der Waals surface area contributed by atoms with Crippen LogP contribution in [0.4, 0.5) is 0 Å². The molecule has 5 aromatic rings. The first kappa shape index (κ1) is 18.8. The van der Waals surface area contributed by atoms with Gasteiger partial charge in [0.2, 0.25) is 0 Å². The number of nitrogens with zero attached hydrogens (tertiary/aromatic N) is 4. The van der Waals surface area contributed by atoms with Gasteiger partial charge in [-0.2, -0.15) is 0 Å². The zero-order chi connectivity index (χ0) is 21.7. The van der Waals surface area contributed by atoms with Gasteiger partial charge in [0.15, 0.2) is 0 Å². The monoisotopic (exact) mass is 424 g/mol. The molecule has 1 fully saturated rings. The second-order valence-corrected chi connectivity index (χ2v) is 8.11. The summed E-state index contributed by atoms with van der Waals surface area (Å²) in [5, 5.41) is 4.72. The third-order valence-corrected chi connectivity index (χ3v) is 6.17. The van der Waals surface area contributed by atoms with E-state index in [4.69, 9.17) is 4.98 Å². The maximum atomic E-state index is 12.9. The molecule has 2 N–H and O–H groups in total. The largest absolute Gasteiger partial charge is 0.329 e. The highest BCUT2D eigenvalue weighted by molar-refractivity contribution is 6.01. The van der Waals surface area contributed by atoms with Crippen LogP contribution in [-0.4, -0.2) is 37.6 Å². The number of fused-ring (bicyclic) bond motifs is 4. The molecule has 0 saturated carbocycles. The van der Waals surface area contributed by atoms with Crippen LogP contribution in [0.25, 0.3) is 44.1 Å². The van der Waals surface area contributed by atoms with E-state index in [-0.39, 0.29) is 6.04 Å². The predicted octanol–water partition coefficient (Wildman–Crippen LogP) is 2.77. The summed E-state index contributed by atoms with van der Waals surface area (Å²) in [6, 6.07) is 13.7. The van der Waals surface area contributed by atoms with Crippen molar-refractivity contribution in [3.8, 4) is 11.3 Å². The summed E-state index contributed by atoms with van der Waals surface area (Å²) in [5.74, 6) is 0. The molecule has 1 aromatic carbocycles. The zero-order valence-corrected chi connectivity index (χ0v) is 17.2. The highest BCUT2D eigenvalue weighted by Gasteiger charge is 2.22. The minimum atomic E-state index is -0.441. The van der Waals surface area contributed by atoms with Crippen molar-refractivity contribution in [3.63, 3.8) is 0 Å². The molecule has 0 atom stereocenters. The van der Waals surface area contributed by atoms with Crippen LogP contribution in [0.5, 0.6) is 0 Å². The number of H-pyrrole nitrogens is 1. The summed E-state index contributed by atoms with van der Waals surface area (Å²) in [7, 11) is 0. The van der Waals surface area contributed by atoms with Crippen LogP contribution in [0.3, 0.4) is 0 Å². The van der Waals surface area contributed by atoms with Gasteiger partial charge >= 0.3 is 5.69 Å². The number of pyridine rings is 3. The molecule has 0 radical (unpaired) electrons. The van der Waals surface area contributed by atoms with Crippen molar-refractivity contribution in [3.05, 3.63) is 75.7 Å². The van der Waals surface area contributed by atoms with Crippen molar-refractivity contribution >= 4 is 32.8 Å². The Balaban J connectivity index is 1.64. The fourth-order valence-corrected chi connectivity index (χ4v) is 4.57. The quantitative estimate of drug-likeness (QED) is 0.422. The molecule has 32 heavy (non-hydrogen) atoms. The Labute approximate surface area is 182 Å². The average Bonchev–Trinajstić information content (AvgIpc) is 2.84. The second-order valence-electron chi connectivity index (χ2n) is 8.11. The molecule has 4 aromatic heterocycles. The lowest BCUT2D eigenvalue weighted by molar-refractivity contribution is 0.365. The van der Waals surface area contributed by atoms with Gasteiger partial charge in [-0.15, -0.1) is 0 Å². The Kier molecular flexibility index (Phi) is 4.32. The van der Waals surface area contributed by atoms with E-state index in [1.54, 1.807) is 10.8 Å². The summed E-state index contributed by atoms with van der Waals surface area (Å²) in [5.41, 5.74) is 3.39. The molecule has 0 aliphatic carbocycles. The topological polar surface area (TPSA) is 106 Å². The highest BCUT2D eigenvalue weighted by Crippen LogP contribution is 2.28. The predicted molar refractivity (Wildman–Crippen MR) is 124 cm³/mol. The van der Waals surface area contributed by atoms with Crippen LogP contribution in [0, 0.1) is 0 Å². The minimum Gasteiger partial charge on any atom is -0.317 e. The number of benzene rings is 1. The lowest BCUT2D eigenvalue weighted by atomic mass is 10.1. The van der Waals surface area contributed by atoms with Gasteiger partial charge in [0, 0.05) is 29.4 Å². The molecule has 1 aliphatic heterocycles. The number of rotatable bonds is 2. The van der Waals surface area contributed by atoms with E-state index in [1.165, 1.54) is 6.20 Å². The smallest absolute Gasteiger partial charge is 0.317 e. The molecule has 5 heterocycles. The van der Waals surface area contributed by atoms with Crippen LogP contribution in [0.15, 0.2) is 64.4 Å². The van der Waals surface area contributed by atoms with Gasteiger partial charge in [-0.1, -0.05) is 18.2 Å². The first-order chi connectivity index (χ1) is 15.7. The lowest BCUT2D eigenvalue weighted by Gasteiger charge is -2.26.